The van der Waals surface area contributed by atoms with Crippen LogP contribution in [0.3, 0.4) is 0 Å². The van der Waals surface area contributed by atoms with Crippen molar-refractivity contribution in [2.24, 2.45) is 0 Å². The number of hydrogen-bond donors (Lipinski definition) is 0. The number of carbonyl (C=O) groups is 1. The fraction of sp³-hybridized carbons (Fsp3) is 0.357. The van der Waals surface area contributed by atoms with Crippen LogP contribution in [0.4, 0.5) is 0 Å². The molecule has 1 aliphatic carbocycles. The van der Waals surface area contributed by atoms with E-state index in [-0.39, 0.29) is 5.78 Å². The molecular formula is C14H15ClO. The van der Waals surface area contributed by atoms with Gasteiger partial charge in [-0.3, -0.25) is 4.79 Å². The van der Waals surface area contributed by atoms with Crippen LogP contribution in [0.5, 0.6) is 0 Å². The molecule has 0 aliphatic heterocycles. The summed E-state index contributed by atoms with van der Waals surface area (Å²) in [5, 5.41) is 0.701. The number of rotatable bonds is 3. The summed E-state index contributed by atoms with van der Waals surface area (Å²) in [5.74, 6) is 0.225. The third-order valence-electron chi connectivity index (χ3n) is 2.96. The Hall–Kier alpha value is -1.08. The Kier molecular flexibility index (Phi) is 3.45. The molecule has 0 fully saturated rings. The summed E-state index contributed by atoms with van der Waals surface area (Å²) in [6.07, 6.45) is 5.59. The van der Waals surface area contributed by atoms with Crippen molar-refractivity contribution in [1.82, 2.24) is 0 Å². The third kappa shape index (κ3) is 2.53. The zero-order valence-corrected chi connectivity index (χ0v) is 10.2. The van der Waals surface area contributed by atoms with Gasteiger partial charge in [-0.25, -0.2) is 0 Å². The molecule has 0 aromatic heterocycles. The van der Waals surface area contributed by atoms with Gasteiger partial charge in [0.1, 0.15) is 0 Å². The normalized spacial score (nSPS) is 15.0. The zero-order valence-electron chi connectivity index (χ0n) is 9.42. The molecule has 0 atom stereocenters. The van der Waals surface area contributed by atoms with Crippen LogP contribution >= 0.6 is 11.6 Å². The van der Waals surface area contributed by atoms with Crippen molar-refractivity contribution in [3.8, 4) is 0 Å². The van der Waals surface area contributed by atoms with E-state index in [0.29, 0.717) is 11.4 Å². The topological polar surface area (TPSA) is 17.1 Å². The molecule has 1 aliphatic rings. The minimum atomic E-state index is 0.225. The summed E-state index contributed by atoms with van der Waals surface area (Å²) in [5.41, 5.74) is 3.04. The zero-order chi connectivity index (χ0) is 11.5. The van der Waals surface area contributed by atoms with Gasteiger partial charge in [-0.1, -0.05) is 29.8 Å². The fourth-order valence-corrected chi connectivity index (χ4v) is 2.31. The van der Waals surface area contributed by atoms with E-state index in [2.05, 4.69) is 6.08 Å². The van der Waals surface area contributed by atoms with Crippen molar-refractivity contribution in [3.63, 3.8) is 0 Å². The van der Waals surface area contributed by atoms with Gasteiger partial charge in [0.25, 0.3) is 0 Å². The second-order valence-electron chi connectivity index (χ2n) is 4.32. The maximum Gasteiger partial charge on any atom is 0.162 e. The largest absolute Gasteiger partial charge is 0.294 e. The number of hydrogen-bond acceptors (Lipinski definition) is 1. The fourth-order valence-electron chi connectivity index (χ4n) is 2.01. The first kappa shape index (κ1) is 11.4. The third-order valence-corrected chi connectivity index (χ3v) is 3.31. The summed E-state index contributed by atoms with van der Waals surface area (Å²) in [4.78, 5) is 11.9. The maximum atomic E-state index is 11.9. The maximum absolute atomic E-state index is 11.9. The molecule has 1 nitrogen and oxygen atoms in total. The Morgan fingerprint density at radius 1 is 1.44 bits per heavy atom. The van der Waals surface area contributed by atoms with Crippen molar-refractivity contribution in [2.45, 2.75) is 32.6 Å². The molecule has 1 aromatic rings. The summed E-state index contributed by atoms with van der Waals surface area (Å²) in [6.45, 7) is 2.00. The molecule has 2 heteroatoms. The van der Waals surface area contributed by atoms with Gasteiger partial charge in [-0.2, -0.15) is 0 Å². The highest BCUT2D eigenvalue weighted by Crippen LogP contribution is 2.23. The number of carbonyl (C=O) groups excluding carboxylic acids is 1. The van der Waals surface area contributed by atoms with Gasteiger partial charge in [0.05, 0.1) is 0 Å². The lowest BCUT2D eigenvalue weighted by Crippen LogP contribution is -2.05. The Labute approximate surface area is 101 Å². The number of allylic oxidation sites excluding steroid dienone is 2. The van der Waals surface area contributed by atoms with Gasteiger partial charge in [-0.15, -0.1) is 0 Å². The molecule has 0 saturated heterocycles. The van der Waals surface area contributed by atoms with Crippen molar-refractivity contribution < 1.29 is 4.79 Å². The van der Waals surface area contributed by atoms with E-state index in [1.54, 1.807) is 0 Å². The Morgan fingerprint density at radius 3 is 2.88 bits per heavy atom. The van der Waals surface area contributed by atoms with Gasteiger partial charge in [0.15, 0.2) is 5.78 Å². The number of halogens is 1. The molecule has 0 bridgehead atoms. The molecule has 2 rings (SSSR count). The highest BCUT2D eigenvalue weighted by molar-refractivity contribution is 6.31. The van der Waals surface area contributed by atoms with Crippen LogP contribution in [0, 0.1) is 6.92 Å². The number of Topliss-reactive ketones (excluding diaryl/α,β-unsaturated/α-hetero) is 1. The summed E-state index contributed by atoms with van der Waals surface area (Å²) in [6, 6.07) is 5.86. The van der Waals surface area contributed by atoms with Gasteiger partial charge in [0, 0.05) is 11.4 Å². The molecular weight excluding hydrogens is 220 g/mol. The Bertz CT molecular complexity index is 446. The second kappa shape index (κ2) is 4.84. The number of benzene rings is 1. The standard InChI is InChI=1S/C14H15ClO/c1-10-6-7-12(13(15)8-10)9-14(16)11-4-2-3-5-11/h4,6-8H,2-3,5,9H2,1H3. The van der Waals surface area contributed by atoms with E-state index >= 15 is 0 Å². The van der Waals surface area contributed by atoms with Crippen LogP contribution in [0.25, 0.3) is 0 Å². The average molecular weight is 235 g/mol. The minimum Gasteiger partial charge on any atom is -0.294 e. The highest BCUT2D eigenvalue weighted by atomic mass is 35.5. The first-order valence-corrected chi connectivity index (χ1v) is 6.02. The van der Waals surface area contributed by atoms with E-state index < -0.39 is 0 Å². The van der Waals surface area contributed by atoms with Crippen molar-refractivity contribution in [3.05, 3.63) is 46.0 Å². The molecule has 0 amide bonds. The number of aryl methyl sites for hydroxylation is 1. The second-order valence-corrected chi connectivity index (χ2v) is 4.72. The summed E-state index contributed by atoms with van der Waals surface area (Å²) in [7, 11) is 0. The van der Waals surface area contributed by atoms with E-state index in [0.717, 1.165) is 36.0 Å². The molecule has 84 valence electrons. The predicted molar refractivity (Wildman–Crippen MR) is 66.8 cm³/mol. The van der Waals surface area contributed by atoms with E-state index in [1.165, 1.54) is 0 Å². The quantitative estimate of drug-likeness (QED) is 0.776. The van der Waals surface area contributed by atoms with Crippen LogP contribution in [-0.2, 0) is 11.2 Å². The predicted octanol–water partition coefficient (Wildman–Crippen LogP) is 3.87. The van der Waals surface area contributed by atoms with E-state index in [1.807, 2.05) is 25.1 Å². The monoisotopic (exact) mass is 234 g/mol. The van der Waals surface area contributed by atoms with E-state index in [9.17, 15) is 4.79 Å². The lowest BCUT2D eigenvalue weighted by Gasteiger charge is -2.05. The van der Waals surface area contributed by atoms with Crippen LogP contribution in [0.1, 0.15) is 30.4 Å². The van der Waals surface area contributed by atoms with E-state index in [4.69, 9.17) is 11.6 Å². The molecule has 1 aromatic carbocycles. The van der Waals surface area contributed by atoms with Gasteiger partial charge in [0.2, 0.25) is 0 Å². The lowest BCUT2D eigenvalue weighted by molar-refractivity contribution is -0.115. The van der Waals surface area contributed by atoms with Gasteiger partial charge >= 0.3 is 0 Å². The highest BCUT2D eigenvalue weighted by Gasteiger charge is 2.14. The molecule has 0 unspecified atom stereocenters. The van der Waals surface area contributed by atoms with Gasteiger partial charge in [-0.05, 0) is 49.0 Å². The molecule has 16 heavy (non-hydrogen) atoms. The molecule has 0 spiro atoms. The molecule has 0 saturated carbocycles. The minimum absolute atomic E-state index is 0.225. The van der Waals surface area contributed by atoms with Crippen molar-refractivity contribution in [1.29, 1.82) is 0 Å². The summed E-state index contributed by atoms with van der Waals surface area (Å²) < 4.78 is 0. The summed E-state index contributed by atoms with van der Waals surface area (Å²) >= 11 is 6.11. The van der Waals surface area contributed by atoms with Crippen LogP contribution in [0.15, 0.2) is 29.8 Å². The molecule has 0 N–H and O–H groups in total. The SMILES string of the molecule is Cc1ccc(CC(=O)C2=CCCC2)c(Cl)c1. The van der Waals surface area contributed by atoms with Crippen LogP contribution in [-0.4, -0.2) is 5.78 Å². The first-order chi connectivity index (χ1) is 7.66. The van der Waals surface area contributed by atoms with Crippen LogP contribution in [0.2, 0.25) is 5.02 Å². The number of ketones is 1. The Morgan fingerprint density at radius 2 is 2.25 bits per heavy atom. The van der Waals surface area contributed by atoms with Crippen molar-refractivity contribution in [2.75, 3.05) is 0 Å². The van der Waals surface area contributed by atoms with Crippen molar-refractivity contribution >= 4 is 17.4 Å². The van der Waals surface area contributed by atoms with Gasteiger partial charge < -0.3 is 0 Å². The average Bonchev–Trinajstić information content (AvgIpc) is 2.75. The van der Waals surface area contributed by atoms with Crippen LogP contribution < -0.4 is 0 Å². The first-order valence-electron chi connectivity index (χ1n) is 5.64. The smallest absolute Gasteiger partial charge is 0.162 e. The Balaban J connectivity index is 2.11. The molecule has 0 heterocycles. The lowest BCUT2D eigenvalue weighted by atomic mass is 10.0. The molecule has 0 radical (unpaired) electrons.